The van der Waals surface area contributed by atoms with Crippen molar-refractivity contribution in [3.05, 3.63) is 95.0 Å². The molecule has 0 saturated carbocycles. The number of aliphatic hydroxyl groups is 1. The number of aliphatic hydroxyl groups excluding tert-OH is 1. The predicted molar refractivity (Wildman–Crippen MR) is 132 cm³/mol. The van der Waals surface area contributed by atoms with Crippen molar-refractivity contribution in [3.63, 3.8) is 0 Å². The minimum Gasteiger partial charge on any atom is -0.491 e. The van der Waals surface area contributed by atoms with Gasteiger partial charge in [-0.05, 0) is 55.0 Å². The van der Waals surface area contributed by atoms with E-state index in [0.29, 0.717) is 11.9 Å². The Bertz CT molecular complexity index is 1240. The Morgan fingerprint density at radius 1 is 1.00 bits per heavy atom. The summed E-state index contributed by atoms with van der Waals surface area (Å²) in [4.78, 5) is 18.0. The normalized spacial score (nSPS) is 11.9. The van der Waals surface area contributed by atoms with Crippen LogP contribution < -0.4 is 15.6 Å². The number of fused-ring (bicyclic) bond motifs is 1. The number of aromatic nitrogens is 2. The first-order valence-electron chi connectivity index (χ1n) is 11.4. The zero-order valence-corrected chi connectivity index (χ0v) is 18.8. The Hall–Kier alpha value is -3.64. The lowest BCUT2D eigenvalue weighted by atomic mass is 10.2. The van der Waals surface area contributed by atoms with Crippen LogP contribution in [0, 0.1) is 0 Å². The number of nitrogens with zero attached hydrogens (tertiary/aromatic N) is 2. The largest absolute Gasteiger partial charge is 0.491 e. The summed E-state index contributed by atoms with van der Waals surface area (Å²) in [6.07, 6.45) is 2.08. The number of nitrogens with one attached hydrogen (secondary N) is 1. The van der Waals surface area contributed by atoms with Crippen LogP contribution in [0.3, 0.4) is 0 Å². The highest BCUT2D eigenvalue weighted by molar-refractivity contribution is 5.77. The summed E-state index contributed by atoms with van der Waals surface area (Å²) in [5.41, 5.74) is 2.31. The van der Waals surface area contributed by atoms with Crippen LogP contribution >= 0.6 is 0 Å². The van der Waals surface area contributed by atoms with E-state index in [-0.39, 0.29) is 12.2 Å². The Kier molecular flexibility index (Phi) is 7.37. The standard InChI is InChI=1S/C27H29N3O3/c1-2-3-13-26-29-25-12-8-7-11-24(25)27(32)30(26)21-16-14-20(15-17-21)28-18-22(31)19-33-23-9-5-4-6-10-23/h4-12,14-17,22,28,31H,2-3,13,18-19H2,1H3. The first-order chi connectivity index (χ1) is 16.2. The van der Waals surface area contributed by atoms with Crippen LogP contribution in [0.25, 0.3) is 16.6 Å². The number of benzene rings is 3. The van der Waals surface area contributed by atoms with Gasteiger partial charge in [-0.1, -0.05) is 43.7 Å². The maximum Gasteiger partial charge on any atom is 0.265 e. The van der Waals surface area contributed by atoms with E-state index >= 15 is 0 Å². The average molecular weight is 444 g/mol. The molecule has 4 aromatic rings. The van der Waals surface area contributed by atoms with Crippen molar-refractivity contribution < 1.29 is 9.84 Å². The molecule has 0 aliphatic rings. The summed E-state index contributed by atoms with van der Waals surface area (Å²) in [5.74, 6) is 1.50. The van der Waals surface area contributed by atoms with Gasteiger partial charge in [-0.2, -0.15) is 0 Å². The van der Waals surface area contributed by atoms with Crippen LogP contribution in [0.15, 0.2) is 83.7 Å². The highest BCUT2D eigenvalue weighted by Gasteiger charge is 2.12. The van der Waals surface area contributed by atoms with Crippen molar-refractivity contribution in [1.82, 2.24) is 9.55 Å². The van der Waals surface area contributed by atoms with E-state index in [4.69, 9.17) is 9.72 Å². The molecular formula is C27H29N3O3. The fourth-order valence-corrected chi connectivity index (χ4v) is 3.68. The zero-order chi connectivity index (χ0) is 23.0. The van der Waals surface area contributed by atoms with Gasteiger partial charge in [0, 0.05) is 18.7 Å². The Morgan fingerprint density at radius 3 is 2.48 bits per heavy atom. The monoisotopic (exact) mass is 443 g/mol. The van der Waals surface area contributed by atoms with E-state index < -0.39 is 6.10 Å². The zero-order valence-electron chi connectivity index (χ0n) is 18.8. The molecule has 0 spiro atoms. The summed E-state index contributed by atoms with van der Waals surface area (Å²) >= 11 is 0. The maximum absolute atomic E-state index is 13.3. The van der Waals surface area contributed by atoms with Crippen LogP contribution in [0.2, 0.25) is 0 Å². The molecule has 6 heteroatoms. The van der Waals surface area contributed by atoms with Crippen molar-refractivity contribution in [2.45, 2.75) is 32.3 Å². The van der Waals surface area contributed by atoms with Gasteiger partial charge in [0.25, 0.3) is 5.56 Å². The summed E-state index contributed by atoms with van der Waals surface area (Å²) in [6.45, 7) is 2.68. The van der Waals surface area contributed by atoms with Gasteiger partial charge in [-0.15, -0.1) is 0 Å². The molecule has 6 nitrogen and oxygen atoms in total. The lowest BCUT2D eigenvalue weighted by molar-refractivity contribution is 0.117. The van der Waals surface area contributed by atoms with Crippen LogP contribution in [0.4, 0.5) is 5.69 Å². The van der Waals surface area contributed by atoms with E-state index in [0.717, 1.165) is 47.7 Å². The molecule has 33 heavy (non-hydrogen) atoms. The first kappa shape index (κ1) is 22.6. The molecule has 0 saturated heterocycles. The Morgan fingerprint density at radius 2 is 1.73 bits per heavy atom. The molecule has 0 amide bonds. The van der Waals surface area contributed by atoms with Crippen molar-refractivity contribution in [2.75, 3.05) is 18.5 Å². The molecular weight excluding hydrogens is 414 g/mol. The predicted octanol–water partition coefficient (Wildman–Crippen LogP) is 4.58. The van der Waals surface area contributed by atoms with E-state index in [9.17, 15) is 9.90 Å². The number of aryl methyl sites for hydroxylation is 1. The summed E-state index contributed by atoms with van der Waals surface area (Å²) in [5, 5.41) is 14.1. The lowest BCUT2D eigenvalue weighted by Gasteiger charge is -2.16. The quantitative estimate of drug-likeness (QED) is 0.375. The fraction of sp³-hybridized carbons (Fsp3) is 0.259. The second kappa shape index (κ2) is 10.8. The minimum absolute atomic E-state index is 0.0547. The van der Waals surface area contributed by atoms with Crippen molar-refractivity contribution in [3.8, 4) is 11.4 Å². The minimum atomic E-state index is -0.655. The van der Waals surface area contributed by atoms with Gasteiger partial charge in [-0.3, -0.25) is 9.36 Å². The first-order valence-corrected chi connectivity index (χ1v) is 11.4. The Labute approximate surface area is 193 Å². The fourth-order valence-electron chi connectivity index (χ4n) is 3.68. The lowest BCUT2D eigenvalue weighted by Crippen LogP contribution is -2.26. The van der Waals surface area contributed by atoms with Crippen molar-refractivity contribution in [1.29, 1.82) is 0 Å². The van der Waals surface area contributed by atoms with Crippen molar-refractivity contribution >= 4 is 16.6 Å². The summed E-state index contributed by atoms with van der Waals surface area (Å²) < 4.78 is 7.30. The molecule has 1 atom stereocenters. The number of rotatable bonds is 10. The average Bonchev–Trinajstić information content (AvgIpc) is 2.86. The maximum atomic E-state index is 13.3. The molecule has 0 radical (unpaired) electrons. The van der Waals surface area contributed by atoms with Crippen LogP contribution in [0.1, 0.15) is 25.6 Å². The van der Waals surface area contributed by atoms with E-state index in [1.807, 2.05) is 78.9 Å². The van der Waals surface area contributed by atoms with Crippen LogP contribution in [0.5, 0.6) is 5.75 Å². The SMILES string of the molecule is CCCCc1nc2ccccc2c(=O)n1-c1ccc(NCC(O)COc2ccccc2)cc1. The Balaban J connectivity index is 1.47. The van der Waals surface area contributed by atoms with Gasteiger partial charge >= 0.3 is 0 Å². The molecule has 3 aromatic carbocycles. The summed E-state index contributed by atoms with van der Waals surface area (Å²) in [6, 6.07) is 24.5. The van der Waals surface area contributed by atoms with Crippen LogP contribution in [-0.4, -0.2) is 33.9 Å². The molecule has 0 aliphatic carbocycles. The van der Waals surface area contributed by atoms with Gasteiger partial charge < -0.3 is 15.2 Å². The number of anilines is 1. The smallest absolute Gasteiger partial charge is 0.265 e. The van der Waals surface area contributed by atoms with Gasteiger partial charge in [0.05, 0.1) is 16.6 Å². The molecule has 1 unspecified atom stereocenters. The highest BCUT2D eigenvalue weighted by atomic mass is 16.5. The number of hydrogen-bond acceptors (Lipinski definition) is 5. The molecule has 0 aliphatic heterocycles. The van der Waals surface area contributed by atoms with Gasteiger partial charge in [-0.25, -0.2) is 4.98 Å². The van der Waals surface area contributed by atoms with Gasteiger partial charge in [0.1, 0.15) is 24.3 Å². The third-order valence-electron chi connectivity index (χ3n) is 5.45. The number of unbranched alkanes of at least 4 members (excludes halogenated alkanes) is 1. The van der Waals surface area contributed by atoms with E-state index in [1.54, 1.807) is 4.57 Å². The molecule has 1 heterocycles. The topological polar surface area (TPSA) is 76.4 Å². The molecule has 2 N–H and O–H groups in total. The van der Waals surface area contributed by atoms with Crippen LogP contribution in [-0.2, 0) is 6.42 Å². The molecule has 1 aromatic heterocycles. The number of ether oxygens (including phenoxy) is 1. The highest BCUT2D eigenvalue weighted by Crippen LogP contribution is 2.17. The molecule has 0 fully saturated rings. The van der Waals surface area contributed by atoms with E-state index in [2.05, 4.69) is 12.2 Å². The third-order valence-corrected chi connectivity index (χ3v) is 5.45. The number of hydrogen-bond donors (Lipinski definition) is 2. The van der Waals surface area contributed by atoms with Gasteiger partial charge in [0.15, 0.2) is 0 Å². The molecule has 170 valence electrons. The third kappa shape index (κ3) is 5.59. The van der Waals surface area contributed by atoms with E-state index in [1.165, 1.54) is 0 Å². The second-order valence-electron chi connectivity index (χ2n) is 7.99. The van der Waals surface area contributed by atoms with Gasteiger partial charge in [0.2, 0.25) is 0 Å². The van der Waals surface area contributed by atoms with Crippen molar-refractivity contribution in [2.24, 2.45) is 0 Å². The number of para-hydroxylation sites is 2. The second-order valence-corrected chi connectivity index (χ2v) is 7.99. The summed E-state index contributed by atoms with van der Waals surface area (Å²) in [7, 11) is 0. The molecule has 0 bridgehead atoms. The molecule has 4 rings (SSSR count).